The molecule has 0 radical (unpaired) electrons. The fourth-order valence-corrected chi connectivity index (χ4v) is 5.05. The summed E-state index contributed by atoms with van der Waals surface area (Å²) in [6.07, 6.45) is 9.50. The second kappa shape index (κ2) is 6.70. The van der Waals surface area contributed by atoms with E-state index in [2.05, 4.69) is 21.2 Å². The number of aromatic nitrogens is 2. The predicted molar refractivity (Wildman–Crippen MR) is 106 cm³/mol. The van der Waals surface area contributed by atoms with Crippen molar-refractivity contribution in [3.05, 3.63) is 28.8 Å². The fourth-order valence-electron chi connectivity index (χ4n) is 5.05. The average Bonchev–Trinajstić information content (AvgIpc) is 3.19. The number of aryl methyl sites for hydroxylation is 1. The van der Waals surface area contributed by atoms with Crippen molar-refractivity contribution in [2.75, 3.05) is 18.1 Å². The number of aromatic hydroxyl groups is 1. The lowest BCUT2D eigenvalue weighted by Gasteiger charge is -2.38. The van der Waals surface area contributed by atoms with Crippen molar-refractivity contribution >= 4 is 5.82 Å². The first-order valence-corrected chi connectivity index (χ1v) is 10.3. The molecule has 0 atom stereocenters. The monoisotopic (exact) mass is 365 g/mol. The highest BCUT2D eigenvalue weighted by Gasteiger charge is 2.31. The lowest BCUT2D eigenvalue weighted by atomic mass is 9.93. The van der Waals surface area contributed by atoms with Gasteiger partial charge in [0.25, 0.3) is 0 Å². The smallest absolute Gasteiger partial charge is 0.194 e. The Kier molecular flexibility index (Phi) is 4.18. The summed E-state index contributed by atoms with van der Waals surface area (Å²) in [5.74, 6) is 2.11. The molecule has 0 bridgehead atoms. The molecule has 3 aliphatic rings. The minimum absolute atomic E-state index is 0.377. The predicted octanol–water partition coefficient (Wildman–Crippen LogP) is 4.18. The molecular weight excluding hydrogens is 338 g/mol. The van der Waals surface area contributed by atoms with Gasteiger partial charge in [0.1, 0.15) is 18.1 Å². The van der Waals surface area contributed by atoms with Crippen LogP contribution in [0.25, 0.3) is 11.3 Å². The molecule has 0 amide bonds. The van der Waals surface area contributed by atoms with Gasteiger partial charge < -0.3 is 14.7 Å². The molecule has 1 aromatic carbocycles. The standard InChI is InChI=1S/C22H27N3O2/c1-14-19(18-11-10-15-6-5-9-17(15)20(18)26)23-24-22-21(14)27-13-12-25(22)16-7-3-2-4-8-16/h10-11,16,26H,2-9,12-13H2,1H3. The SMILES string of the molecule is Cc1c(-c2ccc3c(c2O)CCC3)nnc2c1OCCN2C1CCCCC1. The number of benzene rings is 1. The van der Waals surface area contributed by atoms with Crippen LogP contribution in [0.15, 0.2) is 12.1 Å². The highest BCUT2D eigenvalue weighted by atomic mass is 16.5. The maximum Gasteiger partial charge on any atom is 0.194 e. The van der Waals surface area contributed by atoms with E-state index in [0.717, 1.165) is 59.8 Å². The molecule has 0 saturated heterocycles. The van der Waals surface area contributed by atoms with E-state index < -0.39 is 0 Å². The van der Waals surface area contributed by atoms with Gasteiger partial charge in [0.2, 0.25) is 0 Å². The first-order chi connectivity index (χ1) is 13.2. The van der Waals surface area contributed by atoms with Gasteiger partial charge in [-0.1, -0.05) is 25.3 Å². The van der Waals surface area contributed by atoms with Gasteiger partial charge >= 0.3 is 0 Å². The van der Waals surface area contributed by atoms with Crippen molar-refractivity contribution in [2.24, 2.45) is 0 Å². The van der Waals surface area contributed by atoms with E-state index in [4.69, 9.17) is 4.74 Å². The molecule has 1 aliphatic heterocycles. The van der Waals surface area contributed by atoms with Gasteiger partial charge in [0.15, 0.2) is 11.6 Å². The minimum atomic E-state index is 0.377. The molecule has 5 rings (SSSR count). The van der Waals surface area contributed by atoms with Crippen LogP contribution in [0.4, 0.5) is 5.82 Å². The average molecular weight is 365 g/mol. The van der Waals surface area contributed by atoms with Crippen LogP contribution in [-0.2, 0) is 12.8 Å². The summed E-state index contributed by atoms with van der Waals surface area (Å²) in [5.41, 5.74) is 4.85. The van der Waals surface area contributed by atoms with E-state index in [1.807, 2.05) is 13.0 Å². The second-order valence-corrected chi connectivity index (χ2v) is 8.11. The van der Waals surface area contributed by atoms with Gasteiger partial charge in [-0.15, -0.1) is 10.2 Å². The Labute approximate surface area is 160 Å². The number of fused-ring (bicyclic) bond motifs is 2. The van der Waals surface area contributed by atoms with Gasteiger partial charge in [0.05, 0.1) is 6.54 Å². The number of nitrogens with zero attached hydrogens (tertiary/aromatic N) is 3. The third kappa shape index (κ3) is 2.75. The van der Waals surface area contributed by atoms with Crippen molar-refractivity contribution in [3.63, 3.8) is 0 Å². The van der Waals surface area contributed by atoms with E-state index in [0.29, 0.717) is 18.4 Å². The van der Waals surface area contributed by atoms with Gasteiger partial charge in [0, 0.05) is 17.2 Å². The van der Waals surface area contributed by atoms with Crippen LogP contribution in [0.2, 0.25) is 0 Å². The lowest BCUT2D eigenvalue weighted by Crippen LogP contribution is -2.43. The minimum Gasteiger partial charge on any atom is -0.507 e. The summed E-state index contributed by atoms with van der Waals surface area (Å²) in [4.78, 5) is 2.41. The largest absolute Gasteiger partial charge is 0.507 e. The van der Waals surface area contributed by atoms with Crippen LogP contribution in [0.3, 0.4) is 0 Å². The van der Waals surface area contributed by atoms with Gasteiger partial charge in [-0.05, 0) is 56.2 Å². The van der Waals surface area contributed by atoms with E-state index in [1.165, 1.54) is 37.7 Å². The van der Waals surface area contributed by atoms with E-state index in [-0.39, 0.29) is 0 Å². The number of rotatable bonds is 2. The molecule has 2 aliphatic carbocycles. The third-order valence-electron chi connectivity index (χ3n) is 6.52. The Bertz CT molecular complexity index is 874. The number of phenolic OH excluding ortho intramolecular Hbond substituents is 1. The Hall–Kier alpha value is -2.30. The van der Waals surface area contributed by atoms with Gasteiger partial charge in [-0.2, -0.15) is 0 Å². The number of anilines is 1. The van der Waals surface area contributed by atoms with Crippen molar-refractivity contribution in [1.82, 2.24) is 10.2 Å². The van der Waals surface area contributed by atoms with Crippen molar-refractivity contribution in [2.45, 2.75) is 64.3 Å². The molecule has 142 valence electrons. The number of hydrogen-bond donors (Lipinski definition) is 1. The number of phenols is 1. The van der Waals surface area contributed by atoms with Crippen LogP contribution >= 0.6 is 0 Å². The second-order valence-electron chi connectivity index (χ2n) is 8.11. The lowest BCUT2D eigenvalue weighted by molar-refractivity contribution is 0.283. The summed E-state index contributed by atoms with van der Waals surface area (Å²) < 4.78 is 6.04. The Morgan fingerprint density at radius 2 is 1.93 bits per heavy atom. The fraction of sp³-hybridized carbons (Fsp3) is 0.545. The highest BCUT2D eigenvalue weighted by molar-refractivity contribution is 5.76. The van der Waals surface area contributed by atoms with Crippen LogP contribution in [0.1, 0.15) is 55.2 Å². The molecule has 1 aromatic heterocycles. The quantitative estimate of drug-likeness (QED) is 0.865. The third-order valence-corrected chi connectivity index (χ3v) is 6.52. The molecule has 2 aromatic rings. The normalized spacial score (nSPS) is 19.5. The molecule has 0 unspecified atom stereocenters. The molecule has 1 fully saturated rings. The van der Waals surface area contributed by atoms with E-state index in [9.17, 15) is 5.11 Å². The summed E-state index contributed by atoms with van der Waals surface area (Å²) in [6.45, 7) is 3.61. The first kappa shape index (κ1) is 16.8. The molecule has 1 N–H and O–H groups in total. The molecule has 1 saturated carbocycles. The molecular formula is C22H27N3O2. The Balaban J connectivity index is 1.55. The molecule has 5 nitrogen and oxygen atoms in total. The Morgan fingerprint density at radius 3 is 2.78 bits per heavy atom. The van der Waals surface area contributed by atoms with Crippen molar-refractivity contribution in [3.8, 4) is 22.8 Å². The number of hydrogen-bond acceptors (Lipinski definition) is 5. The topological polar surface area (TPSA) is 58.5 Å². The van der Waals surface area contributed by atoms with Crippen molar-refractivity contribution < 1.29 is 9.84 Å². The van der Waals surface area contributed by atoms with Crippen LogP contribution in [0, 0.1) is 6.92 Å². The van der Waals surface area contributed by atoms with E-state index >= 15 is 0 Å². The molecule has 5 heteroatoms. The van der Waals surface area contributed by atoms with Crippen LogP contribution in [-0.4, -0.2) is 34.5 Å². The summed E-state index contributed by atoms with van der Waals surface area (Å²) in [5, 5.41) is 20.0. The highest BCUT2D eigenvalue weighted by Crippen LogP contribution is 2.43. The zero-order valence-corrected chi connectivity index (χ0v) is 16.0. The van der Waals surface area contributed by atoms with Gasteiger partial charge in [-0.3, -0.25) is 0 Å². The van der Waals surface area contributed by atoms with Crippen LogP contribution < -0.4 is 9.64 Å². The summed E-state index contributed by atoms with van der Waals surface area (Å²) >= 11 is 0. The van der Waals surface area contributed by atoms with E-state index in [1.54, 1.807) is 0 Å². The Morgan fingerprint density at radius 1 is 1.07 bits per heavy atom. The molecule has 0 spiro atoms. The van der Waals surface area contributed by atoms with Crippen LogP contribution in [0.5, 0.6) is 11.5 Å². The number of ether oxygens (including phenoxy) is 1. The zero-order valence-electron chi connectivity index (χ0n) is 16.0. The molecule has 27 heavy (non-hydrogen) atoms. The summed E-state index contributed by atoms with van der Waals surface area (Å²) in [7, 11) is 0. The maximum atomic E-state index is 10.8. The summed E-state index contributed by atoms with van der Waals surface area (Å²) in [6, 6.07) is 4.67. The van der Waals surface area contributed by atoms with Gasteiger partial charge in [-0.25, -0.2) is 0 Å². The molecule has 2 heterocycles. The zero-order chi connectivity index (χ0) is 18.4. The maximum absolute atomic E-state index is 10.8. The first-order valence-electron chi connectivity index (χ1n) is 10.3. The van der Waals surface area contributed by atoms with Crippen molar-refractivity contribution in [1.29, 1.82) is 0 Å².